The second-order valence-corrected chi connectivity index (χ2v) is 4.61. The molecule has 0 N–H and O–H groups in total. The van der Waals surface area contributed by atoms with Gasteiger partial charge in [-0.05, 0) is 12.5 Å². The van der Waals surface area contributed by atoms with E-state index in [-0.39, 0.29) is 5.97 Å². The summed E-state index contributed by atoms with van der Waals surface area (Å²) in [5, 5.41) is 0. The van der Waals surface area contributed by atoms with Crippen LogP contribution >= 0.6 is 0 Å². The van der Waals surface area contributed by atoms with Crippen LogP contribution in [0.4, 0.5) is 0 Å². The average molecular weight is 282 g/mol. The molecule has 4 heteroatoms. The highest BCUT2D eigenvalue weighted by Gasteiger charge is 2.13. The Morgan fingerprint density at radius 2 is 1.60 bits per heavy atom. The summed E-state index contributed by atoms with van der Waals surface area (Å²) >= 11 is 0. The van der Waals surface area contributed by atoms with Crippen LogP contribution in [0.3, 0.4) is 0 Å². The van der Waals surface area contributed by atoms with Gasteiger partial charge in [-0.3, -0.25) is 4.79 Å². The molecule has 0 aliphatic heterocycles. The van der Waals surface area contributed by atoms with Crippen LogP contribution in [-0.2, 0) is 19.1 Å². The van der Waals surface area contributed by atoms with Gasteiger partial charge in [-0.15, -0.1) is 0 Å². The van der Waals surface area contributed by atoms with Gasteiger partial charge in [0.25, 0.3) is 6.29 Å². The van der Waals surface area contributed by atoms with Gasteiger partial charge in [-0.2, -0.15) is 0 Å². The standard InChI is InChI=1S/C16H26O4/c1-4-7-8-9-10-11-12-13-15(18)20-16(6-3)19-14(17)5-2/h5-6,16H,2-4,7-13H2,1H3. The fraction of sp³-hybridized carbons (Fsp3) is 0.625. The van der Waals surface area contributed by atoms with Crippen molar-refractivity contribution in [2.75, 3.05) is 0 Å². The van der Waals surface area contributed by atoms with E-state index in [4.69, 9.17) is 9.47 Å². The van der Waals surface area contributed by atoms with Crippen LogP contribution in [0.1, 0.15) is 58.3 Å². The first-order valence-corrected chi connectivity index (χ1v) is 7.29. The first-order chi connectivity index (χ1) is 9.63. The maximum absolute atomic E-state index is 11.5. The Hall–Kier alpha value is -1.58. The summed E-state index contributed by atoms with van der Waals surface area (Å²) in [6.45, 7) is 8.91. The van der Waals surface area contributed by atoms with Crippen molar-refractivity contribution in [3.8, 4) is 0 Å². The molecular formula is C16H26O4. The Morgan fingerprint density at radius 1 is 1.00 bits per heavy atom. The zero-order chi connectivity index (χ0) is 15.2. The van der Waals surface area contributed by atoms with Crippen molar-refractivity contribution in [1.82, 2.24) is 0 Å². The zero-order valence-corrected chi connectivity index (χ0v) is 12.4. The molecule has 0 aliphatic rings. The lowest BCUT2D eigenvalue weighted by Crippen LogP contribution is -2.21. The minimum Gasteiger partial charge on any atom is -0.421 e. The average Bonchev–Trinajstić information content (AvgIpc) is 2.45. The van der Waals surface area contributed by atoms with Gasteiger partial charge >= 0.3 is 11.9 Å². The Balaban J connectivity index is 3.67. The lowest BCUT2D eigenvalue weighted by Gasteiger charge is -2.13. The molecule has 0 aromatic carbocycles. The monoisotopic (exact) mass is 282 g/mol. The molecule has 4 nitrogen and oxygen atoms in total. The van der Waals surface area contributed by atoms with Gasteiger partial charge in [0.15, 0.2) is 0 Å². The Bertz CT molecular complexity index is 310. The first kappa shape index (κ1) is 18.4. The predicted molar refractivity (Wildman–Crippen MR) is 79.0 cm³/mol. The Kier molecular flexibility index (Phi) is 11.5. The van der Waals surface area contributed by atoms with E-state index < -0.39 is 12.3 Å². The molecule has 0 aliphatic carbocycles. The van der Waals surface area contributed by atoms with Gasteiger partial charge in [0.1, 0.15) is 0 Å². The number of carbonyl (C=O) groups is 2. The fourth-order valence-corrected chi connectivity index (χ4v) is 1.70. The molecule has 1 unspecified atom stereocenters. The van der Waals surface area contributed by atoms with Gasteiger partial charge < -0.3 is 9.47 Å². The minimum absolute atomic E-state index is 0.337. The van der Waals surface area contributed by atoms with E-state index in [9.17, 15) is 9.59 Å². The number of hydrogen-bond acceptors (Lipinski definition) is 4. The lowest BCUT2D eigenvalue weighted by molar-refractivity contribution is -0.176. The molecule has 0 saturated carbocycles. The molecule has 0 rings (SSSR count). The van der Waals surface area contributed by atoms with Crippen molar-refractivity contribution >= 4 is 11.9 Å². The molecule has 0 aromatic rings. The summed E-state index contributed by atoms with van der Waals surface area (Å²) in [5.41, 5.74) is 0. The number of esters is 2. The summed E-state index contributed by atoms with van der Waals surface area (Å²) in [7, 11) is 0. The predicted octanol–water partition coefficient (Wildman–Crippen LogP) is 3.91. The highest BCUT2D eigenvalue weighted by Crippen LogP contribution is 2.09. The number of carbonyl (C=O) groups excluding carboxylic acids is 2. The van der Waals surface area contributed by atoms with Crippen molar-refractivity contribution in [2.24, 2.45) is 0 Å². The molecule has 0 spiro atoms. The summed E-state index contributed by atoms with van der Waals surface area (Å²) in [4.78, 5) is 22.5. The van der Waals surface area contributed by atoms with E-state index in [0.717, 1.165) is 25.3 Å². The highest BCUT2D eigenvalue weighted by atomic mass is 16.7. The first-order valence-electron chi connectivity index (χ1n) is 7.29. The van der Waals surface area contributed by atoms with E-state index in [2.05, 4.69) is 20.1 Å². The normalized spacial score (nSPS) is 11.4. The minimum atomic E-state index is -1.03. The fourth-order valence-electron chi connectivity index (χ4n) is 1.70. The molecule has 0 radical (unpaired) electrons. The quantitative estimate of drug-likeness (QED) is 0.179. The summed E-state index contributed by atoms with van der Waals surface area (Å²) in [6, 6.07) is 0. The van der Waals surface area contributed by atoms with Gasteiger partial charge in [-0.1, -0.05) is 58.6 Å². The zero-order valence-electron chi connectivity index (χ0n) is 12.4. The molecule has 1 atom stereocenters. The molecule has 0 aromatic heterocycles. The third kappa shape index (κ3) is 10.4. The second-order valence-electron chi connectivity index (χ2n) is 4.61. The molecule has 114 valence electrons. The largest absolute Gasteiger partial charge is 0.421 e. The van der Waals surface area contributed by atoms with Gasteiger partial charge in [0.2, 0.25) is 0 Å². The molecule has 0 saturated heterocycles. The number of ether oxygens (including phenoxy) is 2. The second kappa shape index (κ2) is 12.5. The van der Waals surface area contributed by atoms with Crippen LogP contribution in [0.15, 0.2) is 25.3 Å². The Labute approximate surface area is 121 Å². The maximum Gasteiger partial charge on any atom is 0.333 e. The molecule has 0 bridgehead atoms. The van der Waals surface area contributed by atoms with E-state index in [1.54, 1.807) is 0 Å². The van der Waals surface area contributed by atoms with E-state index >= 15 is 0 Å². The molecule has 0 fully saturated rings. The van der Waals surface area contributed by atoms with Crippen LogP contribution < -0.4 is 0 Å². The number of hydrogen-bond donors (Lipinski definition) is 0. The van der Waals surface area contributed by atoms with Crippen LogP contribution in [0.2, 0.25) is 0 Å². The van der Waals surface area contributed by atoms with Crippen LogP contribution in [-0.4, -0.2) is 18.2 Å². The molecule has 20 heavy (non-hydrogen) atoms. The van der Waals surface area contributed by atoms with Crippen molar-refractivity contribution in [1.29, 1.82) is 0 Å². The van der Waals surface area contributed by atoms with Crippen molar-refractivity contribution in [3.63, 3.8) is 0 Å². The molecular weight excluding hydrogens is 256 g/mol. The van der Waals surface area contributed by atoms with Crippen LogP contribution in [0, 0.1) is 0 Å². The summed E-state index contributed by atoms with van der Waals surface area (Å²) in [5.74, 6) is -1.01. The third-order valence-corrected chi connectivity index (χ3v) is 2.82. The van der Waals surface area contributed by atoms with E-state index in [1.807, 2.05) is 0 Å². The van der Waals surface area contributed by atoms with Crippen molar-refractivity contribution in [2.45, 2.75) is 64.6 Å². The van der Waals surface area contributed by atoms with Gasteiger partial charge in [0, 0.05) is 12.5 Å². The third-order valence-electron chi connectivity index (χ3n) is 2.82. The van der Waals surface area contributed by atoms with Crippen molar-refractivity contribution in [3.05, 3.63) is 25.3 Å². The lowest BCUT2D eigenvalue weighted by atomic mass is 10.1. The van der Waals surface area contributed by atoms with Crippen molar-refractivity contribution < 1.29 is 19.1 Å². The molecule has 0 heterocycles. The van der Waals surface area contributed by atoms with Crippen LogP contribution in [0.5, 0.6) is 0 Å². The summed E-state index contributed by atoms with van der Waals surface area (Å²) in [6.07, 6.45) is 9.53. The topological polar surface area (TPSA) is 52.6 Å². The van der Waals surface area contributed by atoms with Gasteiger partial charge in [-0.25, -0.2) is 4.79 Å². The highest BCUT2D eigenvalue weighted by molar-refractivity contribution is 5.81. The molecule has 0 amide bonds. The van der Waals surface area contributed by atoms with E-state index in [1.165, 1.54) is 31.8 Å². The number of rotatable bonds is 12. The Morgan fingerprint density at radius 3 is 2.15 bits per heavy atom. The smallest absolute Gasteiger partial charge is 0.333 e. The van der Waals surface area contributed by atoms with Crippen LogP contribution in [0.25, 0.3) is 0 Å². The summed E-state index contributed by atoms with van der Waals surface area (Å²) < 4.78 is 9.74. The SMILES string of the molecule is C=CC(=O)OC(C=C)OC(=O)CCCCCCCCC. The number of unbranched alkanes of at least 4 members (excludes halogenated alkanes) is 6. The van der Waals surface area contributed by atoms with E-state index in [0.29, 0.717) is 6.42 Å². The maximum atomic E-state index is 11.5. The van der Waals surface area contributed by atoms with Gasteiger partial charge in [0.05, 0.1) is 0 Å².